The van der Waals surface area contributed by atoms with Gasteiger partial charge < -0.3 is 15.5 Å². The van der Waals surface area contributed by atoms with Gasteiger partial charge in [0.25, 0.3) is 5.91 Å². The minimum atomic E-state index is -0.341. The molecule has 166 valence electrons. The number of carbonyl (C=O) groups excluding carboxylic acids is 3. The molecule has 0 unspecified atom stereocenters. The van der Waals surface area contributed by atoms with Crippen molar-refractivity contribution in [2.45, 2.75) is 47.0 Å². The zero-order valence-corrected chi connectivity index (χ0v) is 19.6. The molecule has 0 spiro atoms. The predicted molar refractivity (Wildman–Crippen MR) is 124 cm³/mol. The lowest BCUT2D eigenvalue weighted by Gasteiger charge is -2.19. The highest BCUT2D eigenvalue weighted by atomic mass is 16.2. The van der Waals surface area contributed by atoms with Crippen molar-refractivity contribution >= 4 is 23.4 Å². The van der Waals surface area contributed by atoms with Gasteiger partial charge in [0.15, 0.2) is 0 Å². The van der Waals surface area contributed by atoms with Crippen LogP contribution in [0.3, 0.4) is 0 Å². The fourth-order valence-corrected chi connectivity index (χ4v) is 3.37. The van der Waals surface area contributed by atoms with Crippen LogP contribution in [-0.2, 0) is 15.0 Å². The molecular formula is C25H33N3O3. The summed E-state index contributed by atoms with van der Waals surface area (Å²) in [4.78, 5) is 38.4. The van der Waals surface area contributed by atoms with Crippen LogP contribution in [0.5, 0.6) is 0 Å². The molecule has 0 aromatic heterocycles. The number of aryl methyl sites for hydroxylation is 3. The summed E-state index contributed by atoms with van der Waals surface area (Å²) in [7, 11) is 1.54. The third kappa shape index (κ3) is 6.67. The highest BCUT2D eigenvalue weighted by molar-refractivity contribution is 5.98. The van der Waals surface area contributed by atoms with E-state index in [0.717, 1.165) is 27.9 Å². The highest BCUT2D eigenvalue weighted by Gasteiger charge is 2.17. The number of nitrogens with one attached hydrogen (secondary N) is 2. The van der Waals surface area contributed by atoms with Crippen LogP contribution in [0.4, 0.5) is 5.69 Å². The number of hydrogen-bond acceptors (Lipinski definition) is 3. The Morgan fingerprint density at radius 1 is 0.935 bits per heavy atom. The van der Waals surface area contributed by atoms with Crippen molar-refractivity contribution in [3.8, 4) is 0 Å². The van der Waals surface area contributed by atoms with Crippen LogP contribution in [0.2, 0.25) is 0 Å². The molecule has 2 N–H and O–H groups in total. The van der Waals surface area contributed by atoms with Crippen LogP contribution in [0.25, 0.3) is 0 Å². The van der Waals surface area contributed by atoms with Crippen LogP contribution in [0.1, 0.15) is 53.4 Å². The number of rotatable bonds is 6. The summed E-state index contributed by atoms with van der Waals surface area (Å²) in [5.74, 6) is -0.945. The number of nitrogens with zero attached hydrogens (tertiary/aromatic N) is 1. The molecule has 0 saturated carbocycles. The molecule has 0 aliphatic rings. The van der Waals surface area contributed by atoms with Gasteiger partial charge in [0.2, 0.25) is 11.8 Å². The van der Waals surface area contributed by atoms with Crippen LogP contribution < -0.4 is 10.6 Å². The predicted octanol–water partition coefficient (Wildman–Crippen LogP) is 3.74. The van der Waals surface area contributed by atoms with Crippen molar-refractivity contribution in [3.05, 3.63) is 64.2 Å². The maximum atomic E-state index is 12.4. The highest BCUT2D eigenvalue weighted by Crippen LogP contribution is 2.23. The average Bonchev–Trinajstić information content (AvgIpc) is 2.67. The van der Waals surface area contributed by atoms with E-state index >= 15 is 0 Å². The Hall–Kier alpha value is -3.15. The minimum Gasteiger partial charge on any atom is -0.343 e. The molecule has 0 heterocycles. The summed E-state index contributed by atoms with van der Waals surface area (Å²) in [5.41, 5.74) is 5.47. The fraction of sp³-hybridized carbons (Fsp3) is 0.400. The quantitative estimate of drug-likeness (QED) is 0.743. The molecule has 0 radical (unpaired) electrons. The molecule has 31 heavy (non-hydrogen) atoms. The maximum absolute atomic E-state index is 12.4. The van der Waals surface area contributed by atoms with E-state index in [4.69, 9.17) is 0 Å². The number of hydrogen-bond donors (Lipinski definition) is 2. The number of carbonyl (C=O) groups is 3. The Morgan fingerprint density at radius 3 is 2.00 bits per heavy atom. The van der Waals surface area contributed by atoms with E-state index in [1.165, 1.54) is 4.90 Å². The van der Waals surface area contributed by atoms with E-state index in [1.54, 1.807) is 19.2 Å². The van der Waals surface area contributed by atoms with E-state index < -0.39 is 0 Å². The van der Waals surface area contributed by atoms with E-state index in [9.17, 15) is 14.4 Å². The van der Waals surface area contributed by atoms with Crippen LogP contribution in [-0.4, -0.2) is 42.8 Å². The zero-order valence-electron chi connectivity index (χ0n) is 19.6. The summed E-state index contributed by atoms with van der Waals surface area (Å²) in [6, 6.07) is 11.3. The molecule has 6 nitrogen and oxygen atoms in total. The summed E-state index contributed by atoms with van der Waals surface area (Å²) >= 11 is 0. The molecule has 0 atom stereocenters. The maximum Gasteiger partial charge on any atom is 0.251 e. The zero-order chi connectivity index (χ0) is 23.3. The molecule has 3 amide bonds. The molecule has 0 aliphatic heterocycles. The average molecular weight is 424 g/mol. The van der Waals surface area contributed by atoms with Crippen LogP contribution in [0, 0.1) is 20.8 Å². The molecule has 2 rings (SSSR count). The number of benzene rings is 2. The van der Waals surface area contributed by atoms with E-state index in [-0.39, 0.29) is 36.2 Å². The normalized spacial score (nSPS) is 11.1. The Morgan fingerprint density at radius 2 is 1.48 bits per heavy atom. The van der Waals surface area contributed by atoms with Crippen LogP contribution in [0.15, 0.2) is 36.4 Å². The van der Waals surface area contributed by atoms with Gasteiger partial charge in [0.05, 0.1) is 13.1 Å². The summed E-state index contributed by atoms with van der Waals surface area (Å²) in [6.45, 7) is 11.9. The van der Waals surface area contributed by atoms with Gasteiger partial charge in [0, 0.05) is 18.3 Å². The van der Waals surface area contributed by atoms with Gasteiger partial charge in [-0.25, -0.2) is 0 Å². The minimum absolute atomic E-state index is 0.00389. The smallest absolute Gasteiger partial charge is 0.251 e. The molecular weight excluding hydrogens is 390 g/mol. The topological polar surface area (TPSA) is 78.5 Å². The van der Waals surface area contributed by atoms with Gasteiger partial charge in [-0.15, -0.1) is 0 Å². The van der Waals surface area contributed by atoms with Crippen LogP contribution >= 0.6 is 0 Å². The largest absolute Gasteiger partial charge is 0.343 e. The lowest BCUT2D eigenvalue weighted by atomic mass is 9.87. The SMILES string of the molecule is Cc1cc(C)c(NC(=O)CN(C)C(=O)CNC(=O)c2ccc(C(C)(C)C)cc2)c(C)c1. The van der Waals surface area contributed by atoms with Gasteiger partial charge in [-0.05, 0) is 55.0 Å². The number of amides is 3. The van der Waals surface area contributed by atoms with E-state index in [1.807, 2.05) is 45.0 Å². The second-order valence-electron chi connectivity index (χ2n) is 9.08. The second kappa shape index (κ2) is 9.77. The van der Waals surface area contributed by atoms with Gasteiger partial charge >= 0.3 is 0 Å². The monoisotopic (exact) mass is 423 g/mol. The third-order valence-electron chi connectivity index (χ3n) is 5.16. The fourth-order valence-electron chi connectivity index (χ4n) is 3.37. The second-order valence-corrected chi connectivity index (χ2v) is 9.08. The number of likely N-dealkylation sites (N-methyl/N-ethyl adjacent to an activating group) is 1. The number of anilines is 1. The molecule has 6 heteroatoms. The summed E-state index contributed by atoms with van der Waals surface area (Å²) in [6.07, 6.45) is 0. The first-order valence-corrected chi connectivity index (χ1v) is 10.4. The Labute approximate surface area is 185 Å². The standard InChI is InChI=1S/C25H33N3O3/c1-16-12-17(2)23(18(3)13-16)27-21(29)15-28(7)22(30)14-26-24(31)19-8-10-20(11-9-19)25(4,5)6/h8-13H,14-15H2,1-7H3,(H,26,31)(H,27,29). The first-order valence-electron chi connectivity index (χ1n) is 10.4. The lowest BCUT2D eigenvalue weighted by Crippen LogP contribution is -2.41. The van der Waals surface area contributed by atoms with Gasteiger partial charge in [-0.2, -0.15) is 0 Å². The van der Waals surface area contributed by atoms with Crippen molar-refractivity contribution in [2.75, 3.05) is 25.5 Å². The van der Waals surface area contributed by atoms with Crippen molar-refractivity contribution in [1.29, 1.82) is 0 Å². The molecule has 2 aromatic carbocycles. The molecule has 0 saturated heterocycles. The first-order chi connectivity index (χ1) is 14.4. The van der Waals surface area contributed by atoms with Gasteiger partial charge in [0.1, 0.15) is 0 Å². The summed E-state index contributed by atoms with van der Waals surface area (Å²) in [5, 5.41) is 5.50. The van der Waals surface area contributed by atoms with Crippen molar-refractivity contribution in [1.82, 2.24) is 10.2 Å². The summed E-state index contributed by atoms with van der Waals surface area (Å²) < 4.78 is 0. The Balaban J connectivity index is 1.88. The molecule has 0 bridgehead atoms. The first kappa shape index (κ1) is 24.1. The molecule has 0 fully saturated rings. The Kier molecular flexibility index (Phi) is 7.60. The van der Waals surface area contributed by atoms with Gasteiger partial charge in [-0.3, -0.25) is 14.4 Å². The Bertz CT molecular complexity index is 949. The van der Waals surface area contributed by atoms with E-state index in [0.29, 0.717) is 5.56 Å². The third-order valence-corrected chi connectivity index (χ3v) is 5.16. The van der Waals surface area contributed by atoms with Crippen molar-refractivity contribution in [3.63, 3.8) is 0 Å². The van der Waals surface area contributed by atoms with E-state index in [2.05, 4.69) is 31.4 Å². The lowest BCUT2D eigenvalue weighted by molar-refractivity contribution is -0.132. The molecule has 2 aromatic rings. The molecule has 0 aliphatic carbocycles. The van der Waals surface area contributed by atoms with Crippen molar-refractivity contribution in [2.24, 2.45) is 0 Å². The van der Waals surface area contributed by atoms with Crippen molar-refractivity contribution < 1.29 is 14.4 Å². The van der Waals surface area contributed by atoms with Gasteiger partial charge in [-0.1, -0.05) is 50.6 Å².